The van der Waals surface area contributed by atoms with Crippen molar-refractivity contribution >= 4 is 43.3 Å². The van der Waals surface area contributed by atoms with E-state index in [9.17, 15) is 22.4 Å². The number of sulfone groups is 1. The monoisotopic (exact) mass is 450 g/mol. The highest BCUT2D eigenvalue weighted by Crippen LogP contribution is 2.19. The summed E-state index contributed by atoms with van der Waals surface area (Å²) in [5, 5.41) is 0. The normalized spacial score (nSPS) is 12.3. The van der Waals surface area contributed by atoms with Gasteiger partial charge in [-0.25, -0.2) is 12.8 Å². The predicted molar refractivity (Wildman–Crippen MR) is 110 cm³/mol. The molecule has 0 N–H and O–H groups in total. The number of ether oxygens (including phenoxy) is 1. The Morgan fingerprint density at radius 2 is 1.83 bits per heavy atom. The first-order valence-corrected chi connectivity index (χ1v) is 11.6. The Hall–Kier alpha value is -2.85. The molecule has 0 aliphatic rings. The average molecular weight is 451 g/mol. The fourth-order valence-corrected chi connectivity index (χ4v) is 4.68. The maximum Gasteiger partial charge on any atom is 0.326 e. The van der Waals surface area contributed by atoms with Crippen molar-refractivity contribution in [1.29, 1.82) is 0 Å². The van der Waals surface area contributed by atoms with Crippen LogP contribution in [0.5, 0.6) is 0 Å². The molecule has 30 heavy (non-hydrogen) atoms. The van der Waals surface area contributed by atoms with Gasteiger partial charge in [-0.05, 0) is 49.4 Å². The van der Waals surface area contributed by atoms with Crippen LogP contribution in [0.3, 0.4) is 0 Å². The van der Waals surface area contributed by atoms with Crippen LogP contribution >= 0.6 is 11.3 Å². The van der Waals surface area contributed by atoms with E-state index in [1.165, 1.54) is 54.0 Å². The number of nitrogens with zero attached hydrogens (tertiary/aromatic N) is 2. The molecule has 1 amide bonds. The number of carbonyl (C=O) groups is 2. The molecule has 158 valence electrons. The second-order valence-electron chi connectivity index (χ2n) is 6.23. The Bertz CT molecular complexity index is 1270. The lowest BCUT2D eigenvalue weighted by Crippen LogP contribution is -2.23. The van der Waals surface area contributed by atoms with Gasteiger partial charge in [-0.3, -0.25) is 9.59 Å². The van der Waals surface area contributed by atoms with Gasteiger partial charge in [0.15, 0.2) is 14.6 Å². The number of amides is 1. The smallest absolute Gasteiger partial charge is 0.326 e. The number of benzene rings is 2. The van der Waals surface area contributed by atoms with Crippen LogP contribution in [0.4, 0.5) is 4.39 Å². The van der Waals surface area contributed by atoms with Crippen molar-refractivity contribution in [2.24, 2.45) is 4.99 Å². The standard InChI is InChI=1S/C20H19FN2O5S2/c1-3-28-18(24)12-23-16-10-7-14(21)11-17(16)29-20(23)22-19(25)13-5-8-15(9-6-13)30(26,27)4-2/h5-11H,3-4,12H2,1-2H3. The van der Waals surface area contributed by atoms with Gasteiger partial charge in [-0.1, -0.05) is 18.3 Å². The highest BCUT2D eigenvalue weighted by molar-refractivity contribution is 7.91. The Morgan fingerprint density at radius 1 is 1.13 bits per heavy atom. The zero-order valence-corrected chi connectivity index (χ0v) is 17.9. The van der Waals surface area contributed by atoms with Crippen LogP contribution in [0, 0.1) is 5.82 Å². The lowest BCUT2D eigenvalue weighted by atomic mass is 10.2. The van der Waals surface area contributed by atoms with E-state index >= 15 is 0 Å². The molecule has 0 fully saturated rings. The van der Waals surface area contributed by atoms with E-state index in [0.717, 1.165) is 11.3 Å². The lowest BCUT2D eigenvalue weighted by molar-refractivity contribution is -0.143. The fourth-order valence-electron chi connectivity index (χ4n) is 2.74. The molecule has 0 bridgehead atoms. The molecule has 0 saturated carbocycles. The molecular weight excluding hydrogens is 431 g/mol. The molecule has 0 radical (unpaired) electrons. The molecule has 2 aromatic carbocycles. The molecule has 0 spiro atoms. The zero-order chi connectivity index (χ0) is 21.9. The summed E-state index contributed by atoms with van der Waals surface area (Å²) in [5.74, 6) is -1.61. The highest BCUT2D eigenvalue weighted by Gasteiger charge is 2.15. The summed E-state index contributed by atoms with van der Waals surface area (Å²) in [7, 11) is -3.38. The van der Waals surface area contributed by atoms with Crippen molar-refractivity contribution in [3.63, 3.8) is 0 Å². The first kappa shape index (κ1) is 21.8. The number of carbonyl (C=O) groups excluding carboxylic acids is 2. The molecule has 1 aromatic heterocycles. The van der Waals surface area contributed by atoms with Crippen molar-refractivity contribution in [1.82, 2.24) is 4.57 Å². The molecule has 3 rings (SSSR count). The highest BCUT2D eigenvalue weighted by atomic mass is 32.2. The molecule has 0 aliphatic carbocycles. The first-order valence-electron chi connectivity index (χ1n) is 9.11. The van der Waals surface area contributed by atoms with Gasteiger partial charge in [0.2, 0.25) is 0 Å². The minimum Gasteiger partial charge on any atom is -0.465 e. The lowest BCUT2D eigenvalue weighted by Gasteiger charge is -2.05. The molecule has 7 nitrogen and oxygen atoms in total. The van der Waals surface area contributed by atoms with Gasteiger partial charge >= 0.3 is 5.97 Å². The van der Waals surface area contributed by atoms with Crippen LogP contribution in [0.2, 0.25) is 0 Å². The van der Waals surface area contributed by atoms with E-state index in [4.69, 9.17) is 4.74 Å². The Kier molecular flexibility index (Phi) is 6.47. The second kappa shape index (κ2) is 8.88. The van der Waals surface area contributed by atoms with E-state index in [1.807, 2.05) is 0 Å². The SMILES string of the molecule is CCOC(=O)Cn1c(=NC(=O)c2ccc(S(=O)(=O)CC)cc2)sc2cc(F)ccc21. The van der Waals surface area contributed by atoms with Gasteiger partial charge in [0.1, 0.15) is 12.4 Å². The quantitative estimate of drug-likeness (QED) is 0.538. The second-order valence-corrected chi connectivity index (χ2v) is 9.52. The summed E-state index contributed by atoms with van der Waals surface area (Å²) in [6.07, 6.45) is 0. The maximum atomic E-state index is 13.6. The fraction of sp³-hybridized carbons (Fsp3) is 0.250. The minimum atomic E-state index is -3.38. The van der Waals surface area contributed by atoms with Gasteiger partial charge in [0.05, 0.1) is 27.5 Å². The third kappa shape index (κ3) is 4.65. The summed E-state index contributed by atoms with van der Waals surface area (Å²) < 4.78 is 44.4. The molecule has 10 heteroatoms. The third-order valence-electron chi connectivity index (χ3n) is 4.27. The van der Waals surface area contributed by atoms with E-state index in [2.05, 4.69) is 4.99 Å². The number of halogens is 1. The number of hydrogen-bond donors (Lipinski definition) is 0. The topological polar surface area (TPSA) is 94.8 Å². The van der Waals surface area contributed by atoms with Crippen LogP contribution in [-0.2, 0) is 25.9 Å². The zero-order valence-electron chi connectivity index (χ0n) is 16.3. The molecular formula is C20H19FN2O5S2. The van der Waals surface area contributed by atoms with Crippen molar-refractivity contribution in [2.45, 2.75) is 25.3 Å². The Labute approximate surface area is 176 Å². The summed E-state index contributed by atoms with van der Waals surface area (Å²) in [4.78, 5) is 29.0. The molecule has 0 aliphatic heterocycles. The van der Waals surface area contributed by atoms with Crippen molar-refractivity contribution < 1.29 is 27.1 Å². The Balaban J connectivity index is 2.04. The van der Waals surface area contributed by atoms with E-state index in [0.29, 0.717) is 10.2 Å². The number of hydrogen-bond acceptors (Lipinski definition) is 6. The predicted octanol–water partition coefficient (Wildman–Crippen LogP) is 2.94. The summed E-state index contributed by atoms with van der Waals surface area (Å²) >= 11 is 1.06. The number of thiazole rings is 1. The molecule has 3 aromatic rings. The van der Waals surface area contributed by atoms with Gasteiger partial charge < -0.3 is 9.30 Å². The number of esters is 1. The third-order valence-corrected chi connectivity index (χ3v) is 7.07. The van der Waals surface area contributed by atoms with E-state index in [1.54, 1.807) is 6.92 Å². The van der Waals surface area contributed by atoms with Crippen LogP contribution in [0.15, 0.2) is 52.4 Å². The summed E-state index contributed by atoms with van der Waals surface area (Å²) in [6, 6.07) is 9.55. The van der Waals surface area contributed by atoms with Crippen molar-refractivity contribution in [3.8, 4) is 0 Å². The van der Waals surface area contributed by atoms with Crippen LogP contribution in [0.1, 0.15) is 24.2 Å². The van der Waals surface area contributed by atoms with Crippen molar-refractivity contribution in [2.75, 3.05) is 12.4 Å². The summed E-state index contributed by atoms with van der Waals surface area (Å²) in [5.41, 5.74) is 0.738. The van der Waals surface area contributed by atoms with Gasteiger partial charge in [-0.2, -0.15) is 4.99 Å². The number of aromatic nitrogens is 1. The largest absolute Gasteiger partial charge is 0.465 e. The minimum absolute atomic E-state index is 0.0448. The Morgan fingerprint density at radius 3 is 2.47 bits per heavy atom. The van der Waals surface area contributed by atoms with E-state index in [-0.39, 0.29) is 34.2 Å². The van der Waals surface area contributed by atoms with Crippen molar-refractivity contribution in [3.05, 3.63) is 58.6 Å². The molecule has 0 atom stereocenters. The molecule has 0 unspecified atom stereocenters. The first-order chi connectivity index (χ1) is 14.2. The average Bonchev–Trinajstić information content (AvgIpc) is 3.04. The maximum absolute atomic E-state index is 13.6. The molecule has 0 saturated heterocycles. The van der Waals surface area contributed by atoms with E-state index < -0.39 is 27.5 Å². The summed E-state index contributed by atoms with van der Waals surface area (Å²) in [6.45, 7) is 3.24. The number of fused-ring (bicyclic) bond motifs is 1. The number of rotatable bonds is 6. The molecule has 1 heterocycles. The van der Waals surface area contributed by atoms with Gasteiger partial charge in [-0.15, -0.1) is 0 Å². The van der Waals surface area contributed by atoms with Crippen LogP contribution in [-0.4, -0.2) is 37.2 Å². The van der Waals surface area contributed by atoms with Gasteiger partial charge in [0.25, 0.3) is 5.91 Å². The van der Waals surface area contributed by atoms with Crippen LogP contribution in [0.25, 0.3) is 10.2 Å². The van der Waals surface area contributed by atoms with Gasteiger partial charge in [0, 0.05) is 5.56 Å². The van der Waals surface area contributed by atoms with Crippen LogP contribution < -0.4 is 4.80 Å².